The van der Waals surface area contributed by atoms with E-state index in [2.05, 4.69) is 5.10 Å². The molecule has 1 fully saturated rings. The number of aliphatic carboxylic acids is 1. The van der Waals surface area contributed by atoms with E-state index in [-0.39, 0.29) is 6.61 Å². The smallest absolute Gasteiger partial charge is 0.323 e. The van der Waals surface area contributed by atoms with Crippen LogP contribution in [0.1, 0.15) is 5.56 Å². The SMILES string of the molecule is Cn1cc(CCN2CCOCC2C(=O)O)cn1. The van der Waals surface area contributed by atoms with Crippen molar-refractivity contribution in [1.82, 2.24) is 14.7 Å². The van der Waals surface area contributed by atoms with Crippen LogP contribution < -0.4 is 0 Å². The number of carboxylic acids is 1. The van der Waals surface area contributed by atoms with Gasteiger partial charge in [-0.2, -0.15) is 5.10 Å². The highest BCUT2D eigenvalue weighted by atomic mass is 16.5. The second-order valence-corrected chi connectivity index (χ2v) is 4.24. The lowest BCUT2D eigenvalue weighted by atomic mass is 10.2. The molecule has 94 valence electrons. The Bertz CT molecular complexity index is 391. The van der Waals surface area contributed by atoms with Gasteiger partial charge in [-0.15, -0.1) is 0 Å². The second kappa shape index (κ2) is 5.29. The third-order valence-electron chi connectivity index (χ3n) is 2.97. The normalized spacial score (nSPS) is 21.6. The Morgan fingerprint density at radius 1 is 1.71 bits per heavy atom. The van der Waals surface area contributed by atoms with Gasteiger partial charge < -0.3 is 9.84 Å². The molecule has 1 atom stereocenters. The molecule has 6 nitrogen and oxygen atoms in total. The molecular weight excluding hydrogens is 222 g/mol. The van der Waals surface area contributed by atoms with Crippen LogP contribution in [0.15, 0.2) is 12.4 Å². The minimum atomic E-state index is -0.809. The summed E-state index contributed by atoms with van der Waals surface area (Å²) in [4.78, 5) is 13.0. The molecule has 2 heterocycles. The quantitative estimate of drug-likeness (QED) is 0.784. The Morgan fingerprint density at radius 2 is 2.53 bits per heavy atom. The molecule has 0 aliphatic carbocycles. The number of carbonyl (C=O) groups is 1. The summed E-state index contributed by atoms with van der Waals surface area (Å²) < 4.78 is 6.94. The molecule has 1 aliphatic heterocycles. The first-order valence-corrected chi connectivity index (χ1v) is 5.69. The fraction of sp³-hybridized carbons (Fsp3) is 0.636. The number of morpholine rings is 1. The first kappa shape index (κ1) is 12.1. The molecule has 1 aromatic heterocycles. The zero-order chi connectivity index (χ0) is 12.3. The molecular formula is C11H17N3O3. The Balaban J connectivity index is 1.90. The lowest BCUT2D eigenvalue weighted by Gasteiger charge is -2.32. The highest BCUT2D eigenvalue weighted by Crippen LogP contribution is 2.09. The predicted octanol–water partition coefficient (Wildman–Crippen LogP) is -0.252. The number of hydrogen-bond donors (Lipinski definition) is 1. The molecule has 0 radical (unpaired) electrons. The molecule has 6 heteroatoms. The van der Waals surface area contributed by atoms with Crippen molar-refractivity contribution >= 4 is 5.97 Å². The van der Waals surface area contributed by atoms with E-state index in [0.717, 1.165) is 18.5 Å². The average Bonchev–Trinajstić information content (AvgIpc) is 2.73. The molecule has 17 heavy (non-hydrogen) atoms. The van der Waals surface area contributed by atoms with Crippen molar-refractivity contribution in [1.29, 1.82) is 0 Å². The van der Waals surface area contributed by atoms with Crippen LogP contribution in [-0.4, -0.2) is 58.1 Å². The van der Waals surface area contributed by atoms with E-state index >= 15 is 0 Å². The lowest BCUT2D eigenvalue weighted by molar-refractivity contribution is -0.149. The highest BCUT2D eigenvalue weighted by molar-refractivity contribution is 5.73. The van der Waals surface area contributed by atoms with Crippen molar-refractivity contribution in [2.45, 2.75) is 12.5 Å². The Morgan fingerprint density at radius 3 is 3.18 bits per heavy atom. The molecule has 0 aromatic carbocycles. The number of nitrogens with zero attached hydrogens (tertiary/aromatic N) is 3. The summed E-state index contributed by atoms with van der Waals surface area (Å²) in [6.07, 6.45) is 4.59. The van der Waals surface area contributed by atoms with E-state index in [0.29, 0.717) is 13.2 Å². The van der Waals surface area contributed by atoms with Crippen LogP contribution in [-0.2, 0) is 23.0 Å². The highest BCUT2D eigenvalue weighted by Gasteiger charge is 2.28. The van der Waals surface area contributed by atoms with Gasteiger partial charge in [0.2, 0.25) is 0 Å². The fourth-order valence-corrected chi connectivity index (χ4v) is 2.01. The standard InChI is InChI=1S/C11H17N3O3/c1-13-7-9(6-12-13)2-3-14-4-5-17-8-10(14)11(15)16/h6-7,10H,2-5,8H2,1H3,(H,15,16). The number of carboxylic acid groups (broad SMARTS) is 1. The largest absolute Gasteiger partial charge is 0.480 e. The van der Waals surface area contributed by atoms with Crippen LogP contribution >= 0.6 is 0 Å². The summed E-state index contributed by atoms with van der Waals surface area (Å²) in [7, 11) is 1.87. The maximum Gasteiger partial charge on any atom is 0.323 e. The summed E-state index contributed by atoms with van der Waals surface area (Å²) in [6.45, 7) is 2.29. The van der Waals surface area contributed by atoms with Gasteiger partial charge in [0.15, 0.2) is 0 Å². The van der Waals surface area contributed by atoms with E-state index in [1.165, 1.54) is 0 Å². The third kappa shape index (κ3) is 3.04. The van der Waals surface area contributed by atoms with Crippen molar-refractivity contribution in [2.75, 3.05) is 26.3 Å². The van der Waals surface area contributed by atoms with Gasteiger partial charge >= 0.3 is 5.97 Å². The first-order chi connectivity index (χ1) is 8.16. The molecule has 0 amide bonds. The summed E-state index contributed by atoms with van der Waals surface area (Å²) in [5.41, 5.74) is 1.13. The Hall–Kier alpha value is -1.40. The molecule has 0 saturated carbocycles. The number of rotatable bonds is 4. The van der Waals surface area contributed by atoms with Crippen LogP contribution in [0.4, 0.5) is 0 Å². The maximum atomic E-state index is 11.0. The number of aromatic nitrogens is 2. The van der Waals surface area contributed by atoms with Gasteiger partial charge in [0.05, 0.1) is 19.4 Å². The van der Waals surface area contributed by atoms with Gasteiger partial charge in [0, 0.05) is 26.3 Å². The van der Waals surface area contributed by atoms with Crippen LogP contribution in [0, 0.1) is 0 Å². The van der Waals surface area contributed by atoms with Crippen molar-refractivity contribution in [2.24, 2.45) is 7.05 Å². The van der Waals surface area contributed by atoms with Gasteiger partial charge in [-0.1, -0.05) is 0 Å². The number of aryl methyl sites for hydroxylation is 1. The third-order valence-corrected chi connectivity index (χ3v) is 2.97. The predicted molar refractivity (Wildman–Crippen MR) is 60.7 cm³/mol. The molecule has 2 rings (SSSR count). The van der Waals surface area contributed by atoms with E-state index in [4.69, 9.17) is 9.84 Å². The topological polar surface area (TPSA) is 67.6 Å². The fourth-order valence-electron chi connectivity index (χ4n) is 2.01. The van der Waals surface area contributed by atoms with E-state index in [1.807, 2.05) is 24.3 Å². The van der Waals surface area contributed by atoms with Crippen molar-refractivity contribution in [3.63, 3.8) is 0 Å². The number of hydrogen-bond acceptors (Lipinski definition) is 4. The van der Waals surface area contributed by atoms with Crippen LogP contribution in [0.5, 0.6) is 0 Å². The molecule has 1 aromatic rings. The van der Waals surface area contributed by atoms with Gasteiger partial charge in [0.1, 0.15) is 6.04 Å². The van der Waals surface area contributed by atoms with Gasteiger partial charge in [-0.3, -0.25) is 14.4 Å². The Kier molecular flexibility index (Phi) is 3.75. The van der Waals surface area contributed by atoms with E-state index in [9.17, 15) is 4.79 Å². The van der Waals surface area contributed by atoms with Crippen molar-refractivity contribution < 1.29 is 14.6 Å². The molecule has 1 aliphatic rings. The second-order valence-electron chi connectivity index (χ2n) is 4.24. The van der Waals surface area contributed by atoms with Crippen molar-refractivity contribution in [3.05, 3.63) is 18.0 Å². The minimum Gasteiger partial charge on any atom is -0.480 e. The van der Waals surface area contributed by atoms with Crippen LogP contribution in [0.3, 0.4) is 0 Å². The van der Waals surface area contributed by atoms with E-state index in [1.54, 1.807) is 4.68 Å². The first-order valence-electron chi connectivity index (χ1n) is 5.69. The van der Waals surface area contributed by atoms with Gasteiger partial charge in [0.25, 0.3) is 0 Å². The molecule has 1 unspecified atom stereocenters. The van der Waals surface area contributed by atoms with Gasteiger partial charge in [-0.25, -0.2) is 0 Å². The molecule has 0 bridgehead atoms. The lowest BCUT2D eigenvalue weighted by Crippen LogP contribution is -2.50. The van der Waals surface area contributed by atoms with Crippen LogP contribution in [0.25, 0.3) is 0 Å². The minimum absolute atomic E-state index is 0.280. The maximum absolute atomic E-state index is 11.0. The monoisotopic (exact) mass is 239 g/mol. The van der Waals surface area contributed by atoms with Crippen LogP contribution in [0.2, 0.25) is 0 Å². The zero-order valence-electron chi connectivity index (χ0n) is 9.87. The zero-order valence-corrected chi connectivity index (χ0v) is 9.87. The van der Waals surface area contributed by atoms with Crippen molar-refractivity contribution in [3.8, 4) is 0 Å². The summed E-state index contributed by atoms with van der Waals surface area (Å²) >= 11 is 0. The summed E-state index contributed by atoms with van der Waals surface area (Å²) in [6, 6.07) is -0.513. The summed E-state index contributed by atoms with van der Waals surface area (Å²) in [5, 5.41) is 13.2. The Labute approximate surface area is 99.8 Å². The van der Waals surface area contributed by atoms with Gasteiger partial charge in [-0.05, 0) is 12.0 Å². The molecule has 1 N–H and O–H groups in total. The summed E-state index contributed by atoms with van der Waals surface area (Å²) in [5.74, 6) is -0.809. The number of ether oxygens (including phenoxy) is 1. The van der Waals surface area contributed by atoms with E-state index < -0.39 is 12.0 Å². The molecule has 1 saturated heterocycles. The molecule has 0 spiro atoms. The average molecular weight is 239 g/mol.